The van der Waals surface area contributed by atoms with Gasteiger partial charge >= 0.3 is 0 Å². The molecule has 2 fully saturated rings. The van der Waals surface area contributed by atoms with Crippen LogP contribution in [0.1, 0.15) is 16.7 Å². The van der Waals surface area contributed by atoms with Crippen molar-refractivity contribution >= 4 is 51.7 Å². The van der Waals surface area contributed by atoms with Crippen LogP contribution in [-0.4, -0.2) is 80.6 Å². The van der Waals surface area contributed by atoms with E-state index < -0.39 is 10.0 Å². The molecule has 7 nitrogen and oxygen atoms in total. The first-order chi connectivity index (χ1) is 16.5. The molecule has 4 rings (SSSR count). The molecule has 2 bridgehead atoms. The second-order valence-corrected chi connectivity index (χ2v) is 11.6. The number of hydrogen-bond acceptors (Lipinski definition) is 5. The van der Waals surface area contributed by atoms with Gasteiger partial charge in [0.25, 0.3) is 0 Å². The molecule has 0 spiro atoms. The van der Waals surface area contributed by atoms with Gasteiger partial charge in [0, 0.05) is 43.8 Å². The van der Waals surface area contributed by atoms with Crippen LogP contribution in [0.2, 0.25) is 5.02 Å². The lowest BCUT2D eigenvalue weighted by Gasteiger charge is -2.52. The van der Waals surface area contributed by atoms with E-state index in [4.69, 9.17) is 11.6 Å². The van der Waals surface area contributed by atoms with E-state index >= 15 is 0 Å². The summed E-state index contributed by atoms with van der Waals surface area (Å²) < 4.78 is 39.3. The number of nitrogens with one attached hydrogen (secondary N) is 1. The van der Waals surface area contributed by atoms with Crippen LogP contribution in [0.4, 0.5) is 10.1 Å². The molecular formula is C25H31Cl2FN4O3S. The highest BCUT2D eigenvalue weighted by Crippen LogP contribution is 2.28. The number of aryl methyl sites for hydroxylation is 1. The van der Waals surface area contributed by atoms with Crippen LogP contribution in [0.15, 0.2) is 42.5 Å². The fourth-order valence-electron chi connectivity index (χ4n) is 4.94. The van der Waals surface area contributed by atoms with Crippen molar-refractivity contribution in [3.63, 3.8) is 0 Å². The Labute approximate surface area is 223 Å². The summed E-state index contributed by atoms with van der Waals surface area (Å²) in [6.07, 6.45) is 4.23. The smallest absolute Gasteiger partial charge is 0.247 e. The molecule has 2 atom stereocenters. The quantitative estimate of drug-likeness (QED) is 0.550. The fraction of sp³-hybridized carbons (Fsp3) is 0.400. The predicted octanol–water partition coefficient (Wildman–Crippen LogP) is 3.62. The van der Waals surface area contributed by atoms with Crippen molar-refractivity contribution in [2.45, 2.75) is 25.6 Å². The van der Waals surface area contributed by atoms with Crippen LogP contribution in [0, 0.1) is 12.7 Å². The maximum absolute atomic E-state index is 13.3. The third kappa shape index (κ3) is 6.98. The lowest BCUT2D eigenvalue weighted by molar-refractivity contribution is -0.140. The van der Waals surface area contributed by atoms with E-state index in [2.05, 4.69) is 21.6 Å². The van der Waals surface area contributed by atoms with E-state index in [1.165, 1.54) is 18.2 Å². The highest BCUT2D eigenvalue weighted by Gasteiger charge is 2.41. The Morgan fingerprint density at radius 2 is 1.75 bits per heavy atom. The monoisotopic (exact) mass is 556 g/mol. The lowest BCUT2D eigenvalue weighted by atomic mass is 9.99. The number of halogens is 3. The number of sulfonamides is 1. The Balaban J connectivity index is 0.00000361. The number of rotatable bonds is 6. The SMILES string of the molecule is Cc1cc(/C=C/C(=O)N2C3CN(C)CC2CN(Cc2ccc(F)cc2)C3)c(NS(C)(=O)=O)cc1Cl.Cl. The summed E-state index contributed by atoms with van der Waals surface area (Å²) in [6, 6.07) is 9.90. The van der Waals surface area contributed by atoms with E-state index in [1.54, 1.807) is 30.3 Å². The van der Waals surface area contributed by atoms with Gasteiger partial charge in [-0.15, -0.1) is 12.4 Å². The molecule has 36 heavy (non-hydrogen) atoms. The Morgan fingerprint density at radius 1 is 1.14 bits per heavy atom. The summed E-state index contributed by atoms with van der Waals surface area (Å²) >= 11 is 6.19. The van der Waals surface area contributed by atoms with Gasteiger partial charge < -0.3 is 9.80 Å². The summed E-state index contributed by atoms with van der Waals surface area (Å²) in [5, 5.41) is 0.439. The normalized spacial score (nSPS) is 20.9. The molecule has 2 heterocycles. The summed E-state index contributed by atoms with van der Waals surface area (Å²) in [5.74, 6) is -0.354. The predicted molar refractivity (Wildman–Crippen MR) is 145 cm³/mol. The Hall–Kier alpha value is -2.17. The van der Waals surface area contributed by atoms with Crippen LogP contribution in [-0.2, 0) is 21.4 Å². The molecule has 0 aliphatic carbocycles. The van der Waals surface area contributed by atoms with Gasteiger partial charge in [0.1, 0.15) is 5.82 Å². The second kappa shape index (κ2) is 11.5. The van der Waals surface area contributed by atoms with Gasteiger partial charge in [-0.3, -0.25) is 14.4 Å². The molecule has 2 aliphatic heterocycles. The third-order valence-corrected chi connectivity index (χ3v) is 7.37. The number of benzene rings is 2. The van der Waals surface area contributed by atoms with Crippen molar-refractivity contribution in [2.24, 2.45) is 0 Å². The first kappa shape index (κ1) is 28.4. The molecule has 0 radical (unpaired) electrons. The van der Waals surface area contributed by atoms with Crippen LogP contribution < -0.4 is 4.72 Å². The minimum Gasteiger partial charge on any atom is -0.328 e. The van der Waals surface area contributed by atoms with E-state index in [0.29, 0.717) is 22.8 Å². The summed E-state index contributed by atoms with van der Waals surface area (Å²) in [4.78, 5) is 19.9. The topological polar surface area (TPSA) is 73.0 Å². The number of carbonyl (C=O) groups excluding carboxylic acids is 1. The molecule has 0 saturated carbocycles. The van der Waals surface area contributed by atoms with Crippen LogP contribution >= 0.6 is 24.0 Å². The summed E-state index contributed by atoms with van der Waals surface area (Å²) in [7, 11) is -1.45. The number of likely N-dealkylation sites (N-methyl/N-ethyl adjacent to an activating group) is 1. The lowest BCUT2D eigenvalue weighted by Crippen LogP contribution is -2.68. The zero-order valence-corrected chi connectivity index (χ0v) is 22.8. The highest BCUT2D eigenvalue weighted by molar-refractivity contribution is 7.92. The zero-order valence-electron chi connectivity index (χ0n) is 20.4. The molecule has 2 saturated heterocycles. The van der Waals surface area contributed by atoms with Crippen molar-refractivity contribution < 1.29 is 17.6 Å². The van der Waals surface area contributed by atoms with Gasteiger partial charge in [-0.1, -0.05) is 23.7 Å². The maximum Gasteiger partial charge on any atom is 0.247 e. The summed E-state index contributed by atoms with van der Waals surface area (Å²) in [6.45, 7) is 5.50. The number of hydrogen-bond donors (Lipinski definition) is 1. The molecule has 2 aromatic carbocycles. The maximum atomic E-state index is 13.3. The van der Waals surface area contributed by atoms with Crippen LogP contribution in [0.25, 0.3) is 6.08 Å². The van der Waals surface area contributed by atoms with Crippen molar-refractivity contribution in [3.05, 3.63) is 70.0 Å². The molecular weight excluding hydrogens is 526 g/mol. The van der Waals surface area contributed by atoms with Gasteiger partial charge in [-0.05, 0) is 61.0 Å². The zero-order chi connectivity index (χ0) is 25.3. The van der Waals surface area contributed by atoms with Gasteiger partial charge in [0.05, 0.1) is 24.0 Å². The molecule has 2 unspecified atom stereocenters. The first-order valence-corrected chi connectivity index (χ1v) is 13.7. The van der Waals surface area contributed by atoms with Gasteiger partial charge in [0.15, 0.2) is 0 Å². The number of fused-ring (bicyclic) bond motifs is 2. The minimum absolute atomic E-state index is 0. The standard InChI is InChI=1S/C25H30ClFN4O3S.ClH/c1-17-10-19(24(11-23(17)26)28-35(3,33)34)6-9-25(32)31-21-13-29(2)14-22(31)16-30(15-21)12-18-4-7-20(27)8-5-18;/h4-11,21-22,28H,12-16H2,1-3H3;1H/b9-6+;. The fourth-order valence-corrected chi connectivity index (χ4v) is 5.68. The average molecular weight is 558 g/mol. The van der Waals surface area contributed by atoms with E-state index in [1.807, 2.05) is 11.8 Å². The molecule has 11 heteroatoms. The van der Waals surface area contributed by atoms with E-state index in [0.717, 1.165) is 43.6 Å². The Kier molecular flexibility index (Phi) is 9.06. The molecule has 2 aromatic rings. The molecule has 2 aliphatic rings. The van der Waals surface area contributed by atoms with E-state index in [9.17, 15) is 17.6 Å². The summed E-state index contributed by atoms with van der Waals surface area (Å²) in [5.41, 5.74) is 2.73. The number of carbonyl (C=O) groups is 1. The van der Waals surface area contributed by atoms with Crippen LogP contribution in [0.5, 0.6) is 0 Å². The largest absolute Gasteiger partial charge is 0.328 e. The van der Waals surface area contributed by atoms with Gasteiger partial charge in [0.2, 0.25) is 15.9 Å². The Morgan fingerprint density at radius 3 is 2.33 bits per heavy atom. The number of amides is 1. The van der Waals surface area contributed by atoms with Crippen molar-refractivity contribution in [3.8, 4) is 0 Å². The second-order valence-electron chi connectivity index (χ2n) is 9.49. The van der Waals surface area contributed by atoms with Crippen molar-refractivity contribution in [1.29, 1.82) is 0 Å². The molecule has 196 valence electrons. The molecule has 1 amide bonds. The number of anilines is 1. The average Bonchev–Trinajstić information content (AvgIpc) is 2.74. The van der Waals surface area contributed by atoms with Crippen LogP contribution in [0.3, 0.4) is 0 Å². The minimum atomic E-state index is -3.51. The number of piperazine rings is 2. The van der Waals surface area contributed by atoms with Crippen molar-refractivity contribution in [2.75, 3.05) is 44.2 Å². The first-order valence-electron chi connectivity index (χ1n) is 11.4. The van der Waals surface area contributed by atoms with E-state index in [-0.39, 0.29) is 36.2 Å². The number of nitrogens with zero attached hydrogens (tertiary/aromatic N) is 3. The third-order valence-electron chi connectivity index (χ3n) is 6.38. The molecule has 0 aromatic heterocycles. The van der Waals surface area contributed by atoms with Gasteiger partial charge in [-0.25, -0.2) is 12.8 Å². The Bertz CT molecular complexity index is 1220. The van der Waals surface area contributed by atoms with Gasteiger partial charge in [-0.2, -0.15) is 0 Å². The molecule has 1 N–H and O–H groups in total. The van der Waals surface area contributed by atoms with Crippen molar-refractivity contribution in [1.82, 2.24) is 14.7 Å². The highest BCUT2D eigenvalue weighted by atomic mass is 35.5.